The minimum absolute atomic E-state index is 0.0113. The van der Waals surface area contributed by atoms with Crippen LogP contribution in [0.25, 0.3) is 21.9 Å². The third kappa shape index (κ3) is 4.26. The molecule has 1 N–H and O–H groups in total. The molecule has 0 amide bonds. The summed E-state index contributed by atoms with van der Waals surface area (Å²) in [5, 5.41) is 9.95. The Labute approximate surface area is 167 Å². The van der Waals surface area contributed by atoms with Crippen LogP contribution in [0.15, 0.2) is 36.4 Å². The number of carboxylic acids is 1. The van der Waals surface area contributed by atoms with Crippen molar-refractivity contribution in [3.63, 3.8) is 0 Å². The Morgan fingerprint density at radius 1 is 1.04 bits per heavy atom. The van der Waals surface area contributed by atoms with Crippen molar-refractivity contribution in [1.82, 2.24) is 4.98 Å². The first-order valence-electron chi connectivity index (χ1n) is 8.64. The first-order valence-corrected chi connectivity index (χ1v) is 9.45. The molecule has 0 radical (unpaired) electrons. The van der Waals surface area contributed by atoms with Crippen molar-refractivity contribution < 1.29 is 24.1 Å². The van der Waals surface area contributed by atoms with Crippen molar-refractivity contribution in [3.05, 3.63) is 47.0 Å². The third-order valence-corrected chi connectivity index (χ3v) is 5.35. The van der Waals surface area contributed by atoms with Crippen molar-refractivity contribution in [2.24, 2.45) is 0 Å². The van der Waals surface area contributed by atoms with Crippen LogP contribution in [0.4, 0.5) is 0 Å². The molecule has 0 saturated carbocycles. The lowest BCUT2D eigenvalue weighted by Gasteiger charge is -2.13. The molecule has 28 heavy (non-hydrogen) atoms. The van der Waals surface area contributed by atoms with Gasteiger partial charge in [-0.1, -0.05) is 12.1 Å². The molecule has 1 heterocycles. The van der Waals surface area contributed by atoms with Crippen LogP contribution in [-0.4, -0.2) is 37.4 Å². The van der Waals surface area contributed by atoms with Gasteiger partial charge in [-0.3, -0.25) is 4.79 Å². The molecule has 146 valence electrons. The predicted molar refractivity (Wildman–Crippen MR) is 110 cm³/mol. The lowest BCUT2D eigenvalue weighted by molar-refractivity contribution is -0.136. The highest BCUT2D eigenvalue weighted by Gasteiger charge is 2.15. The molecule has 0 atom stereocenters. The van der Waals surface area contributed by atoms with E-state index in [9.17, 15) is 4.79 Å². The van der Waals surface area contributed by atoms with Crippen LogP contribution in [0.5, 0.6) is 17.2 Å². The summed E-state index contributed by atoms with van der Waals surface area (Å²) in [5.41, 5.74) is 2.48. The Hall–Kier alpha value is -3.06. The maximum Gasteiger partial charge on any atom is 0.303 e. The zero-order chi connectivity index (χ0) is 20.1. The zero-order valence-electron chi connectivity index (χ0n) is 15.9. The molecular formula is C21H21NO5S. The predicted octanol–water partition coefficient (Wildman–Crippen LogP) is 4.73. The normalized spacial score (nSPS) is 11.5. The Morgan fingerprint density at radius 2 is 1.71 bits per heavy atom. The number of carboxylic acid groups (broad SMARTS) is 1. The van der Waals surface area contributed by atoms with Crippen LogP contribution in [-0.2, 0) is 4.79 Å². The molecule has 6 nitrogen and oxygen atoms in total. The largest absolute Gasteiger partial charge is 0.496 e. The van der Waals surface area contributed by atoms with Crippen LogP contribution < -0.4 is 14.2 Å². The minimum Gasteiger partial charge on any atom is -0.496 e. The van der Waals surface area contributed by atoms with Crippen LogP contribution in [0.2, 0.25) is 0 Å². The number of fused-ring (bicyclic) bond motifs is 1. The molecule has 3 rings (SSSR count). The number of hydrogen-bond donors (Lipinski definition) is 1. The molecule has 0 aliphatic heterocycles. The summed E-state index contributed by atoms with van der Waals surface area (Å²) in [6.45, 7) is 0. The van der Waals surface area contributed by atoms with Crippen LogP contribution in [0, 0.1) is 0 Å². The molecule has 0 fully saturated rings. The number of rotatable bonds is 8. The number of hydrogen-bond acceptors (Lipinski definition) is 6. The van der Waals surface area contributed by atoms with Crippen LogP contribution >= 0.6 is 11.3 Å². The fourth-order valence-corrected chi connectivity index (χ4v) is 3.85. The molecule has 0 aliphatic rings. The Kier molecular flexibility index (Phi) is 6.16. The lowest BCUT2D eigenvalue weighted by Crippen LogP contribution is -1.97. The first-order chi connectivity index (χ1) is 13.5. The fourth-order valence-electron chi connectivity index (χ4n) is 2.85. The maximum absolute atomic E-state index is 11.2. The van der Waals surface area contributed by atoms with Gasteiger partial charge in [0, 0.05) is 18.1 Å². The van der Waals surface area contributed by atoms with Gasteiger partial charge in [0.1, 0.15) is 10.8 Å². The minimum atomic E-state index is -0.855. The lowest BCUT2D eigenvalue weighted by atomic mass is 10.1. The van der Waals surface area contributed by atoms with Gasteiger partial charge < -0.3 is 19.3 Å². The number of ether oxygens (including phenoxy) is 3. The summed E-state index contributed by atoms with van der Waals surface area (Å²) in [4.78, 5) is 15.8. The molecule has 0 spiro atoms. The molecule has 3 aromatic rings. The standard InChI is InChI=1S/C21H21NO5S/c1-25-16-12-18(27-3)17(26-2)11-14(16)10-13(8-9-20(23)24)21-22-15-6-4-5-7-19(15)28-21/h4-7,10-12H,8-9H2,1-3H3,(H,23,24). The third-order valence-electron chi connectivity index (χ3n) is 4.24. The Bertz CT molecular complexity index is 992. The molecule has 0 saturated heterocycles. The van der Waals surface area contributed by atoms with E-state index in [-0.39, 0.29) is 6.42 Å². The van der Waals surface area contributed by atoms with Gasteiger partial charge >= 0.3 is 5.97 Å². The number of methoxy groups -OCH3 is 3. The van der Waals surface area contributed by atoms with Crippen molar-refractivity contribution in [2.75, 3.05) is 21.3 Å². The number of aliphatic carboxylic acids is 1. The Morgan fingerprint density at radius 3 is 2.36 bits per heavy atom. The highest BCUT2D eigenvalue weighted by atomic mass is 32.1. The smallest absolute Gasteiger partial charge is 0.303 e. The monoisotopic (exact) mass is 399 g/mol. The van der Waals surface area contributed by atoms with Crippen molar-refractivity contribution in [3.8, 4) is 17.2 Å². The van der Waals surface area contributed by atoms with Gasteiger partial charge in [-0.15, -0.1) is 11.3 Å². The van der Waals surface area contributed by atoms with Gasteiger partial charge in [0.15, 0.2) is 11.5 Å². The van der Waals surface area contributed by atoms with Gasteiger partial charge in [-0.2, -0.15) is 0 Å². The summed E-state index contributed by atoms with van der Waals surface area (Å²) in [7, 11) is 4.70. The number of aromatic nitrogens is 1. The molecular weight excluding hydrogens is 378 g/mol. The number of para-hydroxylation sites is 1. The van der Waals surface area contributed by atoms with E-state index in [1.165, 1.54) is 11.3 Å². The number of benzene rings is 2. The van der Waals surface area contributed by atoms with Gasteiger partial charge in [0.05, 0.1) is 31.5 Å². The van der Waals surface area contributed by atoms with Gasteiger partial charge in [-0.25, -0.2) is 4.98 Å². The number of thiazole rings is 1. The highest BCUT2D eigenvalue weighted by Crippen LogP contribution is 2.38. The zero-order valence-corrected chi connectivity index (χ0v) is 16.7. The van der Waals surface area contributed by atoms with Crippen molar-refractivity contribution in [1.29, 1.82) is 0 Å². The number of nitrogens with zero attached hydrogens (tertiary/aromatic N) is 1. The van der Waals surface area contributed by atoms with Crippen molar-refractivity contribution in [2.45, 2.75) is 12.8 Å². The second-order valence-corrected chi connectivity index (χ2v) is 7.03. The van der Waals surface area contributed by atoms with E-state index in [2.05, 4.69) is 4.98 Å². The SMILES string of the molecule is COc1cc(OC)c(OC)cc1C=C(CCC(=O)O)c1nc2ccccc2s1. The second-order valence-electron chi connectivity index (χ2n) is 6.00. The average molecular weight is 399 g/mol. The molecule has 1 aromatic heterocycles. The number of carbonyl (C=O) groups is 1. The number of allylic oxidation sites excluding steroid dienone is 1. The van der Waals surface area contributed by atoms with E-state index in [0.29, 0.717) is 23.7 Å². The van der Waals surface area contributed by atoms with Gasteiger partial charge in [0.25, 0.3) is 0 Å². The second kappa shape index (κ2) is 8.75. The summed E-state index contributed by atoms with van der Waals surface area (Å²) < 4.78 is 17.3. The average Bonchev–Trinajstić information content (AvgIpc) is 3.14. The van der Waals surface area contributed by atoms with Gasteiger partial charge in [0.2, 0.25) is 0 Å². The summed E-state index contributed by atoms with van der Waals surface area (Å²) in [5.74, 6) is 0.873. The van der Waals surface area contributed by atoms with E-state index >= 15 is 0 Å². The quantitative estimate of drug-likeness (QED) is 0.590. The summed E-state index contributed by atoms with van der Waals surface area (Å²) in [6, 6.07) is 11.4. The molecule has 0 aliphatic carbocycles. The van der Waals surface area contributed by atoms with E-state index in [1.807, 2.05) is 36.4 Å². The molecule has 0 bridgehead atoms. The molecule has 0 unspecified atom stereocenters. The van der Waals surface area contributed by atoms with Crippen molar-refractivity contribution >= 4 is 39.2 Å². The summed E-state index contributed by atoms with van der Waals surface area (Å²) >= 11 is 1.54. The fraction of sp³-hybridized carbons (Fsp3) is 0.238. The maximum atomic E-state index is 11.2. The first kappa shape index (κ1) is 19.7. The van der Waals surface area contributed by atoms with E-state index in [1.54, 1.807) is 27.4 Å². The molecule has 7 heteroatoms. The van der Waals surface area contributed by atoms with Crippen LogP contribution in [0.3, 0.4) is 0 Å². The van der Waals surface area contributed by atoms with E-state index < -0.39 is 5.97 Å². The van der Waals surface area contributed by atoms with E-state index in [4.69, 9.17) is 19.3 Å². The van der Waals surface area contributed by atoms with Gasteiger partial charge in [-0.05, 0) is 36.3 Å². The van der Waals surface area contributed by atoms with E-state index in [0.717, 1.165) is 26.4 Å². The van der Waals surface area contributed by atoms with Crippen LogP contribution in [0.1, 0.15) is 23.4 Å². The molecule has 2 aromatic carbocycles. The summed E-state index contributed by atoms with van der Waals surface area (Å²) in [6.07, 6.45) is 2.27. The topological polar surface area (TPSA) is 77.9 Å². The highest BCUT2D eigenvalue weighted by molar-refractivity contribution is 7.19. The Balaban J connectivity index is 2.11.